The van der Waals surface area contributed by atoms with E-state index in [9.17, 15) is 4.79 Å². The molecule has 0 aliphatic carbocycles. The van der Waals surface area contributed by atoms with Crippen molar-refractivity contribution in [1.29, 1.82) is 0 Å². The maximum absolute atomic E-state index is 11.9. The maximum atomic E-state index is 11.9. The average molecular weight is 354 g/mol. The molecule has 1 aromatic rings. The van der Waals surface area contributed by atoms with E-state index < -0.39 is 0 Å². The van der Waals surface area contributed by atoms with Crippen LogP contribution in [0, 0.1) is 0 Å². The smallest absolute Gasteiger partial charge is 0.226 e. The molecule has 1 fully saturated rings. The molecule has 128 valence electrons. The molecule has 0 aromatic carbocycles. The first-order valence-electron chi connectivity index (χ1n) is 7.19. The number of hydrogen-bond acceptors (Lipinski definition) is 6. The number of amides is 1. The molecule has 2 heterocycles. The van der Waals surface area contributed by atoms with Crippen LogP contribution >= 0.6 is 24.8 Å². The normalized spacial score (nSPS) is 15.1. The van der Waals surface area contributed by atoms with Gasteiger partial charge in [0.05, 0.1) is 6.54 Å². The van der Waals surface area contributed by atoms with Crippen molar-refractivity contribution in [1.82, 2.24) is 25.3 Å². The van der Waals surface area contributed by atoms with Crippen LogP contribution in [0.1, 0.15) is 25.1 Å². The number of piperazine rings is 1. The third-order valence-corrected chi connectivity index (χ3v) is 3.49. The van der Waals surface area contributed by atoms with Crippen LogP contribution in [0.5, 0.6) is 0 Å². The van der Waals surface area contributed by atoms with Crippen molar-refractivity contribution in [3.8, 4) is 0 Å². The lowest BCUT2D eigenvalue weighted by Gasteiger charge is -2.34. The van der Waals surface area contributed by atoms with Gasteiger partial charge in [-0.3, -0.25) is 9.69 Å². The Bertz CT molecular complexity index is 436. The number of hydrogen-bond donors (Lipinski definition) is 1. The van der Waals surface area contributed by atoms with Crippen LogP contribution in [0.2, 0.25) is 0 Å². The van der Waals surface area contributed by atoms with Gasteiger partial charge < -0.3 is 14.7 Å². The highest BCUT2D eigenvalue weighted by Gasteiger charge is 2.21. The van der Waals surface area contributed by atoms with E-state index in [0.717, 1.165) is 45.0 Å². The fourth-order valence-corrected chi connectivity index (χ4v) is 2.24. The van der Waals surface area contributed by atoms with Crippen LogP contribution in [-0.4, -0.2) is 65.6 Å². The molecule has 22 heavy (non-hydrogen) atoms. The van der Waals surface area contributed by atoms with E-state index in [1.165, 1.54) is 0 Å². The maximum Gasteiger partial charge on any atom is 0.226 e. The summed E-state index contributed by atoms with van der Waals surface area (Å²) in [5.41, 5.74) is 0. The Morgan fingerprint density at radius 1 is 1.27 bits per heavy atom. The molecule has 2 rings (SSSR count). The second kappa shape index (κ2) is 10.8. The van der Waals surface area contributed by atoms with E-state index >= 15 is 0 Å². The molecule has 0 radical (unpaired) electrons. The Morgan fingerprint density at radius 2 is 1.95 bits per heavy atom. The summed E-state index contributed by atoms with van der Waals surface area (Å²) in [4.78, 5) is 20.4. The zero-order valence-corrected chi connectivity index (χ0v) is 14.7. The molecule has 9 heteroatoms. The minimum atomic E-state index is 0. The Hall–Kier alpha value is -0.890. The molecule has 0 saturated carbocycles. The van der Waals surface area contributed by atoms with Gasteiger partial charge in [-0.25, -0.2) is 0 Å². The fraction of sp³-hybridized carbons (Fsp3) is 0.769. The van der Waals surface area contributed by atoms with Gasteiger partial charge in [-0.1, -0.05) is 12.1 Å². The minimum absolute atomic E-state index is 0. The van der Waals surface area contributed by atoms with Crippen molar-refractivity contribution in [2.75, 3.05) is 39.8 Å². The van der Waals surface area contributed by atoms with E-state index in [4.69, 9.17) is 4.52 Å². The molecule has 0 bridgehead atoms. The zero-order chi connectivity index (χ0) is 14.4. The van der Waals surface area contributed by atoms with Gasteiger partial charge in [-0.2, -0.15) is 4.98 Å². The molecule has 1 amide bonds. The summed E-state index contributed by atoms with van der Waals surface area (Å²) < 4.78 is 5.10. The Balaban J connectivity index is 0.00000220. The summed E-state index contributed by atoms with van der Waals surface area (Å²) in [5, 5.41) is 6.96. The summed E-state index contributed by atoms with van der Waals surface area (Å²) in [5.74, 6) is 1.64. The fourth-order valence-electron chi connectivity index (χ4n) is 2.24. The molecule has 0 unspecified atom stereocenters. The number of carbonyl (C=O) groups is 1. The molecule has 1 aliphatic heterocycles. The van der Waals surface area contributed by atoms with Gasteiger partial charge in [-0.05, 0) is 7.05 Å². The molecule has 1 aromatic heterocycles. The number of carbonyl (C=O) groups excluding carboxylic acids is 1. The van der Waals surface area contributed by atoms with Crippen molar-refractivity contribution in [3.63, 3.8) is 0 Å². The second-order valence-electron chi connectivity index (χ2n) is 4.97. The second-order valence-corrected chi connectivity index (χ2v) is 4.97. The van der Waals surface area contributed by atoms with Crippen LogP contribution in [0.3, 0.4) is 0 Å². The quantitative estimate of drug-likeness (QED) is 0.812. The predicted octanol–water partition coefficient (Wildman–Crippen LogP) is 0.729. The van der Waals surface area contributed by atoms with Crippen molar-refractivity contribution in [2.24, 2.45) is 0 Å². The number of nitrogens with one attached hydrogen (secondary N) is 1. The Morgan fingerprint density at radius 3 is 2.50 bits per heavy atom. The molecule has 1 aliphatic rings. The summed E-state index contributed by atoms with van der Waals surface area (Å²) in [6.45, 7) is 6.71. The first-order valence-corrected chi connectivity index (χ1v) is 7.19. The topological polar surface area (TPSA) is 74.5 Å². The zero-order valence-electron chi connectivity index (χ0n) is 13.1. The van der Waals surface area contributed by atoms with E-state index in [1.807, 2.05) is 18.9 Å². The average Bonchev–Trinajstić information content (AvgIpc) is 2.93. The Labute approximate surface area is 143 Å². The lowest BCUT2D eigenvalue weighted by atomic mass is 10.2. The number of halogens is 2. The first kappa shape index (κ1) is 21.1. The van der Waals surface area contributed by atoms with Crippen molar-refractivity contribution in [2.45, 2.75) is 26.3 Å². The van der Waals surface area contributed by atoms with Crippen LogP contribution in [0.4, 0.5) is 0 Å². The largest absolute Gasteiger partial charge is 0.340 e. The molecule has 0 spiro atoms. The molecule has 1 saturated heterocycles. The first-order chi connectivity index (χ1) is 9.72. The lowest BCUT2D eigenvalue weighted by Crippen LogP contribution is -2.48. The number of rotatable bonds is 6. The summed E-state index contributed by atoms with van der Waals surface area (Å²) >= 11 is 0. The molecular weight excluding hydrogens is 329 g/mol. The Kier molecular flexibility index (Phi) is 10.3. The van der Waals surface area contributed by atoms with Gasteiger partial charge in [-0.15, -0.1) is 24.8 Å². The number of aryl methyl sites for hydroxylation is 1. The van der Waals surface area contributed by atoms with Crippen LogP contribution < -0.4 is 5.32 Å². The number of nitrogens with zero attached hydrogens (tertiary/aromatic N) is 4. The highest BCUT2D eigenvalue weighted by Crippen LogP contribution is 2.08. The van der Waals surface area contributed by atoms with Crippen LogP contribution in [0.25, 0.3) is 0 Å². The molecule has 7 nitrogen and oxygen atoms in total. The van der Waals surface area contributed by atoms with E-state index in [1.54, 1.807) is 0 Å². The standard InChI is InChI=1S/C13H23N5O2.2ClH/c1-3-12-15-11(16-20-12)10-17-6-8-18(9-7-17)13(19)4-5-14-2;;/h14H,3-10H2,1-2H3;2*1H. The SMILES string of the molecule is CCc1nc(CN2CCN(C(=O)CCNC)CC2)no1.Cl.Cl. The van der Waals surface area contributed by atoms with Crippen LogP contribution in [-0.2, 0) is 17.8 Å². The number of aromatic nitrogens is 2. The summed E-state index contributed by atoms with van der Waals surface area (Å²) in [6, 6.07) is 0. The minimum Gasteiger partial charge on any atom is -0.340 e. The van der Waals surface area contributed by atoms with Crippen molar-refractivity contribution in [3.05, 3.63) is 11.7 Å². The van der Waals surface area contributed by atoms with Crippen molar-refractivity contribution >= 4 is 30.7 Å². The van der Waals surface area contributed by atoms with E-state index in [0.29, 0.717) is 18.9 Å². The third kappa shape index (κ3) is 6.08. The highest BCUT2D eigenvalue weighted by molar-refractivity contribution is 5.85. The molecule has 0 atom stereocenters. The molecule has 1 N–H and O–H groups in total. The van der Waals surface area contributed by atoms with Crippen LogP contribution in [0.15, 0.2) is 4.52 Å². The van der Waals surface area contributed by atoms with Gasteiger partial charge >= 0.3 is 0 Å². The van der Waals surface area contributed by atoms with Gasteiger partial charge in [0, 0.05) is 45.6 Å². The van der Waals surface area contributed by atoms with E-state index in [2.05, 4.69) is 20.4 Å². The molecular formula is C13H25Cl2N5O2. The third-order valence-electron chi connectivity index (χ3n) is 3.49. The predicted molar refractivity (Wildman–Crippen MR) is 88.6 cm³/mol. The van der Waals surface area contributed by atoms with E-state index in [-0.39, 0.29) is 30.7 Å². The van der Waals surface area contributed by atoms with Gasteiger partial charge in [0.2, 0.25) is 11.8 Å². The lowest BCUT2D eigenvalue weighted by molar-refractivity contribution is -0.132. The monoisotopic (exact) mass is 353 g/mol. The summed E-state index contributed by atoms with van der Waals surface area (Å²) in [6.07, 6.45) is 1.34. The summed E-state index contributed by atoms with van der Waals surface area (Å²) in [7, 11) is 1.86. The van der Waals surface area contributed by atoms with Gasteiger partial charge in [0.1, 0.15) is 0 Å². The van der Waals surface area contributed by atoms with Gasteiger partial charge in [0.25, 0.3) is 0 Å². The highest BCUT2D eigenvalue weighted by atomic mass is 35.5. The van der Waals surface area contributed by atoms with Gasteiger partial charge in [0.15, 0.2) is 5.82 Å². The van der Waals surface area contributed by atoms with Crippen molar-refractivity contribution < 1.29 is 9.32 Å².